The summed E-state index contributed by atoms with van der Waals surface area (Å²) in [6.45, 7) is 1.46. The van der Waals surface area contributed by atoms with Gasteiger partial charge in [-0.2, -0.15) is 0 Å². The molecular formula is C11H12N8. The fourth-order valence-corrected chi connectivity index (χ4v) is 1.59. The van der Waals surface area contributed by atoms with Gasteiger partial charge in [0.15, 0.2) is 5.65 Å². The Kier molecular flexibility index (Phi) is 3.13. The van der Waals surface area contributed by atoms with Crippen LogP contribution in [0.25, 0.3) is 5.65 Å². The van der Waals surface area contributed by atoms with Gasteiger partial charge in [0, 0.05) is 19.3 Å². The highest BCUT2D eigenvalue weighted by Crippen LogP contribution is 2.03. The first-order valence-corrected chi connectivity index (χ1v) is 5.86. The highest BCUT2D eigenvalue weighted by molar-refractivity contribution is 5.42. The highest BCUT2D eigenvalue weighted by Gasteiger charge is 1.99. The Morgan fingerprint density at radius 2 is 1.89 bits per heavy atom. The van der Waals surface area contributed by atoms with E-state index in [1.54, 1.807) is 6.20 Å². The second-order valence-corrected chi connectivity index (χ2v) is 3.81. The van der Waals surface area contributed by atoms with Crippen molar-refractivity contribution in [3.05, 3.63) is 36.5 Å². The molecule has 0 aliphatic rings. The molecule has 0 spiro atoms. The molecule has 3 heterocycles. The SMILES string of the molecule is c1ccc(NCCNc2ccc3nnnn3n2)nc1. The van der Waals surface area contributed by atoms with Crippen LogP contribution in [0.4, 0.5) is 11.6 Å². The minimum Gasteiger partial charge on any atom is -0.368 e. The molecule has 0 atom stereocenters. The van der Waals surface area contributed by atoms with Crippen molar-refractivity contribution in [1.29, 1.82) is 0 Å². The van der Waals surface area contributed by atoms with Crippen molar-refractivity contribution < 1.29 is 0 Å². The van der Waals surface area contributed by atoms with Crippen LogP contribution in [0, 0.1) is 0 Å². The Hall–Kier alpha value is -2.77. The molecule has 8 heteroatoms. The quantitative estimate of drug-likeness (QED) is 0.640. The predicted octanol–water partition coefficient (Wildman–Crippen LogP) is 0.438. The topological polar surface area (TPSA) is 92.9 Å². The van der Waals surface area contributed by atoms with E-state index in [0.29, 0.717) is 5.65 Å². The van der Waals surface area contributed by atoms with E-state index in [1.165, 1.54) is 4.63 Å². The standard InChI is InChI=1S/C11H12N8/c1-2-6-12-9(3-1)13-7-8-14-10-4-5-11-15-17-18-19(11)16-10/h1-6H,7-8H2,(H,12,13)(H,14,16). The van der Waals surface area contributed by atoms with Crippen LogP contribution in [-0.2, 0) is 0 Å². The maximum absolute atomic E-state index is 4.21. The summed E-state index contributed by atoms with van der Waals surface area (Å²) >= 11 is 0. The Labute approximate surface area is 108 Å². The minimum atomic E-state index is 0.622. The van der Waals surface area contributed by atoms with Crippen LogP contribution in [0.2, 0.25) is 0 Å². The van der Waals surface area contributed by atoms with Gasteiger partial charge in [-0.1, -0.05) is 6.07 Å². The highest BCUT2D eigenvalue weighted by atomic mass is 15.6. The molecule has 2 N–H and O–H groups in total. The third kappa shape index (κ3) is 2.73. The molecule has 0 amide bonds. The normalized spacial score (nSPS) is 10.5. The van der Waals surface area contributed by atoms with Crippen LogP contribution >= 0.6 is 0 Å². The number of tetrazole rings is 1. The first-order valence-electron chi connectivity index (χ1n) is 5.86. The van der Waals surface area contributed by atoms with E-state index >= 15 is 0 Å². The van der Waals surface area contributed by atoms with Gasteiger partial charge in [-0.05, 0) is 34.7 Å². The molecule has 0 radical (unpaired) electrons. The number of nitrogens with zero attached hydrogens (tertiary/aromatic N) is 6. The average Bonchev–Trinajstić information content (AvgIpc) is 2.92. The van der Waals surface area contributed by atoms with Gasteiger partial charge in [0.2, 0.25) is 0 Å². The fraction of sp³-hybridized carbons (Fsp3) is 0.182. The lowest BCUT2D eigenvalue weighted by atomic mass is 10.4. The van der Waals surface area contributed by atoms with Crippen molar-refractivity contribution in [1.82, 2.24) is 30.2 Å². The van der Waals surface area contributed by atoms with Gasteiger partial charge < -0.3 is 10.6 Å². The number of rotatable bonds is 5. The molecule has 3 aromatic heterocycles. The van der Waals surface area contributed by atoms with Gasteiger partial charge >= 0.3 is 0 Å². The Morgan fingerprint density at radius 1 is 1.00 bits per heavy atom. The number of pyridine rings is 1. The monoisotopic (exact) mass is 256 g/mol. The molecule has 3 aromatic rings. The van der Waals surface area contributed by atoms with Crippen LogP contribution in [0.1, 0.15) is 0 Å². The van der Waals surface area contributed by atoms with E-state index in [0.717, 1.165) is 24.7 Å². The maximum atomic E-state index is 4.21. The summed E-state index contributed by atoms with van der Waals surface area (Å²) in [5.41, 5.74) is 0.622. The van der Waals surface area contributed by atoms with Crippen molar-refractivity contribution in [2.75, 3.05) is 23.7 Å². The van der Waals surface area contributed by atoms with Crippen LogP contribution in [-0.4, -0.2) is 43.3 Å². The van der Waals surface area contributed by atoms with E-state index in [2.05, 4.69) is 36.2 Å². The zero-order valence-corrected chi connectivity index (χ0v) is 10.1. The van der Waals surface area contributed by atoms with Crippen LogP contribution in [0.5, 0.6) is 0 Å². The maximum Gasteiger partial charge on any atom is 0.200 e. The van der Waals surface area contributed by atoms with Crippen molar-refractivity contribution in [3.63, 3.8) is 0 Å². The molecule has 19 heavy (non-hydrogen) atoms. The number of aromatic nitrogens is 6. The number of fused-ring (bicyclic) bond motifs is 1. The predicted molar refractivity (Wildman–Crippen MR) is 69.8 cm³/mol. The molecule has 0 unspecified atom stereocenters. The lowest BCUT2D eigenvalue weighted by Crippen LogP contribution is -2.15. The van der Waals surface area contributed by atoms with Gasteiger partial charge in [0.25, 0.3) is 0 Å². The molecule has 0 aliphatic heterocycles. The van der Waals surface area contributed by atoms with Gasteiger partial charge in [0.1, 0.15) is 11.6 Å². The second kappa shape index (κ2) is 5.25. The summed E-state index contributed by atoms with van der Waals surface area (Å²) in [6, 6.07) is 9.39. The third-order valence-electron chi connectivity index (χ3n) is 2.47. The zero-order chi connectivity index (χ0) is 12.9. The fourth-order valence-electron chi connectivity index (χ4n) is 1.59. The van der Waals surface area contributed by atoms with Crippen LogP contribution in [0.15, 0.2) is 36.5 Å². The smallest absolute Gasteiger partial charge is 0.200 e. The summed E-state index contributed by atoms with van der Waals surface area (Å²) in [6.07, 6.45) is 1.75. The first kappa shape index (κ1) is 11.3. The average molecular weight is 256 g/mol. The van der Waals surface area contributed by atoms with Crippen molar-refractivity contribution >= 4 is 17.3 Å². The number of anilines is 2. The number of hydrogen-bond acceptors (Lipinski definition) is 7. The lowest BCUT2D eigenvalue weighted by Gasteiger charge is -2.07. The Bertz CT molecular complexity index is 650. The summed E-state index contributed by atoms with van der Waals surface area (Å²) in [5, 5.41) is 21.6. The first-order chi connectivity index (χ1) is 9.42. The zero-order valence-electron chi connectivity index (χ0n) is 10.1. The molecular weight excluding hydrogens is 244 g/mol. The third-order valence-corrected chi connectivity index (χ3v) is 2.47. The second-order valence-electron chi connectivity index (χ2n) is 3.81. The largest absolute Gasteiger partial charge is 0.368 e. The van der Waals surface area contributed by atoms with Gasteiger partial charge in [-0.25, -0.2) is 4.98 Å². The minimum absolute atomic E-state index is 0.622. The molecule has 0 saturated heterocycles. The number of hydrogen-bond donors (Lipinski definition) is 2. The Morgan fingerprint density at radius 3 is 2.74 bits per heavy atom. The Balaban J connectivity index is 1.52. The summed E-state index contributed by atoms with van der Waals surface area (Å²) < 4.78 is 1.38. The molecule has 8 nitrogen and oxygen atoms in total. The van der Waals surface area contributed by atoms with Crippen LogP contribution < -0.4 is 10.6 Å². The number of nitrogens with one attached hydrogen (secondary N) is 2. The molecule has 3 rings (SSSR count). The molecule has 0 fully saturated rings. The summed E-state index contributed by atoms with van der Waals surface area (Å²) in [4.78, 5) is 4.17. The van der Waals surface area contributed by atoms with Crippen molar-refractivity contribution in [2.45, 2.75) is 0 Å². The van der Waals surface area contributed by atoms with E-state index < -0.39 is 0 Å². The van der Waals surface area contributed by atoms with Crippen molar-refractivity contribution in [2.24, 2.45) is 0 Å². The molecule has 0 bridgehead atoms. The summed E-state index contributed by atoms with van der Waals surface area (Å²) in [5.74, 6) is 1.58. The molecule has 0 aromatic carbocycles. The van der Waals surface area contributed by atoms with E-state index in [9.17, 15) is 0 Å². The van der Waals surface area contributed by atoms with Gasteiger partial charge in [-0.15, -0.1) is 14.8 Å². The van der Waals surface area contributed by atoms with E-state index in [-0.39, 0.29) is 0 Å². The molecule has 0 aliphatic carbocycles. The molecule has 0 saturated carbocycles. The van der Waals surface area contributed by atoms with Gasteiger partial charge in [-0.3, -0.25) is 0 Å². The lowest BCUT2D eigenvalue weighted by molar-refractivity contribution is 0.734. The summed E-state index contributed by atoms with van der Waals surface area (Å²) in [7, 11) is 0. The van der Waals surface area contributed by atoms with Crippen molar-refractivity contribution in [3.8, 4) is 0 Å². The molecule has 96 valence electrons. The van der Waals surface area contributed by atoms with Gasteiger partial charge in [0.05, 0.1) is 0 Å². The van der Waals surface area contributed by atoms with E-state index in [4.69, 9.17) is 0 Å². The van der Waals surface area contributed by atoms with Crippen LogP contribution in [0.3, 0.4) is 0 Å². The van der Waals surface area contributed by atoms with E-state index in [1.807, 2.05) is 30.3 Å².